The third-order valence-corrected chi connectivity index (χ3v) is 2.67. The van der Waals surface area contributed by atoms with E-state index in [1.54, 1.807) is 6.07 Å². The van der Waals surface area contributed by atoms with E-state index in [1.807, 2.05) is 20.8 Å². The summed E-state index contributed by atoms with van der Waals surface area (Å²) in [6.07, 6.45) is -3.13. The van der Waals surface area contributed by atoms with Crippen LogP contribution < -0.4 is 10.6 Å². The van der Waals surface area contributed by atoms with Crippen molar-refractivity contribution in [2.45, 2.75) is 32.5 Å². The second-order valence-electron chi connectivity index (χ2n) is 5.83. The Bertz CT molecular complexity index is 648. The van der Waals surface area contributed by atoms with Gasteiger partial charge in [0.2, 0.25) is 0 Å². The third kappa shape index (κ3) is 4.34. The van der Waals surface area contributed by atoms with Crippen LogP contribution in [0, 0.1) is 0 Å². The second-order valence-corrected chi connectivity index (χ2v) is 5.83. The molecule has 4 nitrogen and oxygen atoms in total. The average Bonchev–Trinajstić information content (AvgIpc) is 2.36. The van der Waals surface area contributed by atoms with Crippen LogP contribution in [-0.2, 0) is 6.18 Å². The Balaban J connectivity index is 2.27. The lowest BCUT2D eigenvalue weighted by atomic mass is 10.1. The van der Waals surface area contributed by atoms with E-state index in [9.17, 15) is 13.2 Å². The first-order valence-corrected chi connectivity index (χ1v) is 6.69. The number of halogens is 3. The van der Waals surface area contributed by atoms with Gasteiger partial charge in [0.05, 0.1) is 11.3 Å². The zero-order valence-corrected chi connectivity index (χ0v) is 12.5. The number of alkyl halides is 3. The summed E-state index contributed by atoms with van der Waals surface area (Å²) in [7, 11) is 0. The SMILES string of the molecule is CC(C)(C)Nc1cc(Nc2ccccc2C(F)(F)F)ncn1. The Morgan fingerprint density at radius 2 is 1.59 bits per heavy atom. The van der Waals surface area contributed by atoms with Crippen LogP contribution in [0.3, 0.4) is 0 Å². The molecule has 1 aromatic carbocycles. The number of para-hydroxylation sites is 1. The number of hydrogen-bond donors (Lipinski definition) is 2. The summed E-state index contributed by atoms with van der Waals surface area (Å²) in [5, 5.41) is 5.83. The van der Waals surface area contributed by atoms with Gasteiger partial charge >= 0.3 is 6.18 Å². The van der Waals surface area contributed by atoms with Crippen LogP contribution in [0.5, 0.6) is 0 Å². The quantitative estimate of drug-likeness (QED) is 0.879. The van der Waals surface area contributed by atoms with Gasteiger partial charge in [0.25, 0.3) is 0 Å². The van der Waals surface area contributed by atoms with Crippen LogP contribution in [0.4, 0.5) is 30.5 Å². The summed E-state index contributed by atoms with van der Waals surface area (Å²) in [5.41, 5.74) is -0.996. The number of hydrogen-bond acceptors (Lipinski definition) is 4. The van der Waals surface area contributed by atoms with Crippen LogP contribution >= 0.6 is 0 Å². The molecule has 0 amide bonds. The zero-order valence-electron chi connectivity index (χ0n) is 12.5. The molecule has 0 aliphatic carbocycles. The van der Waals surface area contributed by atoms with E-state index < -0.39 is 11.7 Å². The highest BCUT2D eigenvalue weighted by Gasteiger charge is 2.33. The molecule has 0 unspecified atom stereocenters. The minimum absolute atomic E-state index is 0.0459. The summed E-state index contributed by atoms with van der Waals surface area (Å²) in [6, 6.07) is 6.84. The van der Waals surface area contributed by atoms with Crippen LogP contribution in [0.1, 0.15) is 26.3 Å². The van der Waals surface area contributed by atoms with Crippen molar-refractivity contribution in [2.24, 2.45) is 0 Å². The summed E-state index contributed by atoms with van der Waals surface area (Å²) >= 11 is 0. The first-order valence-electron chi connectivity index (χ1n) is 6.69. The predicted octanol–water partition coefficient (Wildman–Crippen LogP) is 4.45. The molecule has 1 heterocycles. The predicted molar refractivity (Wildman–Crippen MR) is 80.1 cm³/mol. The van der Waals surface area contributed by atoms with Crippen molar-refractivity contribution in [3.05, 3.63) is 42.2 Å². The van der Waals surface area contributed by atoms with E-state index >= 15 is 0 Å². The number of nitrogens with one attached hydrogen (secondary N) is 2. The van der Waals surface area contributed by atoms with Gasteiger partial charge in [-0.3, -0.25) is 0 Å². The lowest BCUT2D eigenvalue weighted by molar-refractivity contribution is -0.136. The van der Waals surface area contributed by atoms with Crippen molar-refractivity contribution < 1.29 is 13.2 Å². The highest BCUT2D eigenvalue weighted by atomic mass is 19.4. The fourth-order valence-corrected chi connectivity index (χ4v) is 1.86. The molecule has 0 atom stereocenters. The average molecular weight is 310 g/mol. The Labute approximate surface area is 126 Å². The molecule has 0 aliphatic heterocycles. The normalized spacial score (nSPS) is 12.1. The number of nitrogens with zero attached hydrogens (tertiary/aromatic N) is 2. The summed E-state index contributed by atoms with van der Waals surface area (Å²) in [4.78, 5) is 8.01. The van der Waals surface area contributed by atoms with Gasteiger partial charge < -0.3 is 10.6 Å². The highest BCUT2D eigenvalue weighted by Crippen LogP contribution is 2.35. The number of anilines is 3. The third-order valence-electron chi connectivity index (χ3n) is 2.67. The molecular formula is C15H17F3N4. The lowest BCUT2D eigenvalue weighted by Crippen LogP contribution is -2.26. The molecule has 0 bridgehead atoms. The van der Waals surface area contributed by atoms with Gasteiger partial charge in [-0.1, -0.05) is 12.1 Å². The Morgan fingerprint density at radius 3 is 2.23 bits per heavy atom. The maximum absolute atomic E-state index is 13.0. The van der Waals surface area contributed by atoms with Gasteiger partial charge in [0, 0.05) is 11.6 Å². The molecule has 1 aromatic heterocycles. The fraction of sp³-hybridized carbons (Fsp3) is 0.333. The lowest BCUT2D eigenvalue weighted by Gasteiger charge is -2.21. The van der Waals surface area contributed by atoms with Crippen LogP contribution in [0.25, 0.3) is 0 Å². The van der Waals surface area contributed by atoms with Crippen LogP contribution in [-0.4, -0.2) is 15.5 Å². The van der Waals surface area contributed by atoms with Crippen LogP contribution in [0.2, 0.25) is 0 Å². The topological polar surface area (TPSA) is 49.8 Å². The molecular weight excluding hydrogens is 293 g/mol. The molecule has 0 spiro atoms. The van der Waals surface area contributed by atoms with E-state index in [1.165, 1.54) is 24.5 Å². The largest absolute Gasteiger partial charge is 0.418 e. The summed E-state index contributed by atoms with van der Waals surface area (Å²) in [6.45, 7) is 5.88. The van der Waals surface area contributed by atoms with E-state index in [-0.39, 0.29) is 11.2 Å². The van der Waals surface area contributed by atoms with Crippen molar-refractivity contribution in [3.63, 3.8) is 0 Å². The Hall–Kier alpha value is -2.31. The maximum Gasteiger partial charge on any atom is 0.418 e. The zero-order chi connectivity index (χ0) is 16.4. The summed E-state index contributed by atoms with van der Waals surface area (Å²) in [5.74, 6) is 0.827. The van der Waals surface area contributed by atoms with Gasteiger partial charge in [-0.05, 0) is 32.9 Å². The molecule has 0 saturated heterocycles. The molecule has 2 N–H and O–H groups in total. The van der Waals surface area contributed by atoms with E-state index in [0.717, 1.165) is 6.07 Å². The minimum Gasteiger partial charge on any atom is -0.365 e. The van der Waals surface area contributed by atoms with Crippen molar-refractivity contribution in [1.29, 1.82) is 0 Å². The Morgan fingerprint density at radius 1 is 0.955 bits per heavy atom. The first kappa shape index (κ1) is 16.1. The van der Waals surface area contributed by atoms with E-state index in [4.69, 9.17) is 0 Å². The highest BCUT2D eigenvalue weighted by molar-refractivity contribution is 5.63. The molecule has 0 aliphatic rings. The minimum atomic E-state index is -4.43. The molecule has 0 fully saturated rings. The molecule has 2 rings (SSSR count). The van der Waals surface area contributed by atoms with Crippen molar-refractivity contribution in [2.75, 3.05) is 10.6 Å². The second kappa shape index (κ2) is 5.82. The fourth-order valence-electron chi connectivity index (χ4n) is 1.86. The van der Waals surface area contributed by atoms with Gasteiger partial charge in [-0.15, -0.1) is 0 Å². The van der Waals surface area contributed by atoms with Gasteiger partial charge in [0.1, 0.15) is 18.0 Å². The monoisotopic (exact) mass is 310 g/mol. The molecule has 0 radical (unpaired) electrons. The van der Waals surface area contributed by atoms with Crippen molar-refractivity contribution in [1.82, 2.24) is 9.97 Å². The Kier molecular flexibility index (Phi) is 4.25. The molecule has 7 heteroatoms. The molecule has 22 heavy (non-hydrogen) atoms. The number of aromatic nitrogens is 2. The molecule has 0 saturated carbocycles. The molecule has 118 valence electrons. The van der Waals surface area contributed by atoms with E-state index in [2.05, 4.69) is 20.6 Å². The maximum atomic E-state index is 13.0. The van der Waals surface area contributed by atoms with E-state index in [0.29, 0.717) is 11.6 Å². The molecule has 2 aromatic rings. The van der Waals surface area contributed by atoms with Gasteiger partial charge in [-0.2, -0.15) is 13.2 Å². The smallest absolute Gasteiger partial charge is 0.365 e. The van der Waals surface area contributed by atoms with Crippen molar-refractivity contribution >= 4 is 17.3 Å². The van der Waals surface area contributed by atoms with Gasteiger partial charge in [-0.25, -0.2) is 9.97 Å². The van der Waals surface area contributed by atoms with Crippen molar-refractivity contribution in [3.8, 4) is 0 Å². The first-order chi connectivity index (χ1) is 10.1. The van der Waals surface area contributed by atoms with Gasteiger partial charge in [0.15, 0.2) is 0 Å². The van der Waals surface area contributed by atoms with Crippen LogP contribution in [0.15, 0.2) is 36.7 Å². The number of benzene rings is 1. The standard InChI is InChI=1S/C15H17F3N4/c1-14(2,3)22-13-8-12(19-9-20-13)21-11-7-5-4-6-10(11)15(16,17)18/h4-9H,1-3H3,(H2,19,20,21,22). The summed E-state index contributed by atoms with van der Waals surface area (Å²) < 4.78 is 38.9. The number of rotatable bonds is 3.